The molecule has 1 aromatic carbocycles. The second-order valence-corrected chi connectivity index (χ2v) is 8.61. The van der Waals surface area contributed by atoms with E-state index in [1.807, 2.05) is 4.72 Å². The van der Waals surface area contributed by atoms with Gasteiger partial charge in [0.2, 0.25) is 0 Å². The maximum Gasteiger partial charge on any atom is 0.430 e. The van der Waals surface area contributed by atoms with E-state index in [1.54, 1.807) is 0 Å². The first kappa shape index (κ1) is 24.7. The van der Waals surface area contributed by atoms with Gasteiger partial charge in [0.15, 0.2) is 9.96 Å². The molecule has 7 nitrogen and oxygen atoms in total. The number of aliphatic hydroxyl groups is 1. The average Bonchev–Trinajstić information content (AvgIpc) is 3.10. The number of benzene rings is 1. The third-order valence-electron chi connectivity index (χ3n) is 3.94. The van der Waals surface area contributed by atoms with Crippen molar-refractivity contribution in [1.82, 2.24) is 0 Å². The van der Waals surface area contributed by atoms with Crippen molar-refractivity contribution in [2.45, 2.75) is 22.2 Å². The maximum absolute atomic E-state index is 12.9. The van der Waals surface area contributed by atoms with Crippen LogP contribution in [-0.2, 0) is 20.4 Å². The van der Waals surface area contributed by atoms with Crippen LogP contribution < -0.4 is 9.46 Å². The summed E-state index contributed by atoms with van der Waals surface area (Å²) in [5.74, 6) is -1.25. The third kappa shape index (κ3) is 4.43. The highest BCUT2D eigenvalue weighted by Gasteiger charge is 2.71. The molecule has 0 aliphatic rings. The number of halogens is 6. The van der Waals surface area contributed by atoms with Crippen molar-refractivity contribution in [3.05, 3.63) is 40.8 Å². The van der Waals surface area contributed by atoms with E-state index in [-0.39, 0.29) is 23.4 Å². The monoisotopic (exact) mass is 493 g/mol. The minimum atomic E-state index is -6.08. The lowest BCUT2D eigenvalue weighted by Crippen LogP contribution is -2.53. The molecule has 0 radical (unpaired) electrons. The number of thiophene rings is 1. The number of carbonyl (C=O) groups excluding carboxylic acids is 1. The van der Waals surface area contributed by atoms with Crippen LogP contribution in [0.5, 0.6) is 5.75 Å². The van der Waals surface area contributed by atoms with Gasteiger partial charge < -0.3 is 14.6 Å². The Hall–Kier alpha value is -2.52. The van der Waals surface area contributed by atoms with Gasteiger partial charge in [0.1, 0.15) is 5.56 Å². The van der Waals surface area contributed by atoms with E-state index in [4.69, 9.17) is 4.74 Å². The zero-order valence-corrected chi connectivity index (χ0v) is 17.1. The van der Waals surface area contributed by atoms with E-state index >= 15 is 0 Å². The lowest BCUT2D eigenvalue weighted by atomic mass is 9.92. The van der Waals surface area contributed by atoms with Crippen molar-refractivity contribution in [2.24, 2.45) is 0 Å². The first-order chi connectivity index (χ1) is 14.1. The molecular formula is C16H13F6NO6S2. The molecule has 0 saturated heterocycles. The van der Waals surface area contributed by atoms with Crippen LogP contribution in [0.4, 0.5) is 32.0 Å². The van der Waals surface area contributed by atoms with Gasteiger partial charge in [0.05, 0.1) is 14.2 Å². The maximum atomic E-state index is 12.9. The number of hydrogen-bond donors (Lipinski definition) is 2. The SMILES string of the molecule is COC(=O)c1csc(S(=O)(=O)Nc2ccc(C(O)(C(F)(F)F)C(F)(F)F)cc2)c1OC. The molecule has 0 spiro atoms. The molecule has 0 saturated carbocycles. The predicted molar refractivity (Wildman–Crippen MR) is 95.5 cm³/mol. The summed E-state index contributed by atoms with van der Waals surface area (Å²) >= 11 is 0.571. The summed E-state index contributed by atoms with van der Waals surface area (Å²) in [7, 11) is -2.32. The standard InChI is InChI=1S/C16H13F6NO6S2/c1-28-11-10(12(24)29-2)7-30-13(11)31(26,27)23-9-5-3-8(4-6-9)14(25,15(17,18)19)16(20,21)22/h3-7,23,25H,1-2H3. The van der Waals surface area contributed by atoms with Gasteiger partial charge in [-0.15, -0.1) is 11.3 Å². The number of carbonyl (C=O) groups is 1. The molecule has 15 heteroatoms. The highest BCUT2D eigenvalue weighted by molar-refractivity contribution is 7.94. The van der Waals surface area contributed by atoms with Gasteiger partial charge in [-0.05, 0) is 12.1 Å². The smallest absolute Gasteiger partial charge is 0.430 e. The summed E-state index contributed by atoms with van der Waals surface area (Å²) in [6, 6.07) is 1.78. The fourth-order valence-corrected chi connectivity index (χ4v) is 4.91. The van der Waals surface area contributed by atoms with Crippen molar-refractivity contribution < 1.29 is 54.1 Å². The first-order valence-corrected chi connectivity index (χ1v) is 10.2. The number of nitrogens with one attached hydrogen (secondary N) is 1. The normalized spacial score (nSPS) is 13.1. The molecule has 1 heterocycles. The van der Waals surface area contributed by atoms with Crippen LogP contribution in [0.2, 0.25) is 0 Å². The highest BCUT2D eigenvalue weighted by atomic mass is 32.2. The summed E-state index contributed by atoms with van der Waals surface area (Å²) in [4.78, 5) is 11.7. The molecule has 2 rings (SSSR count). The molecule has 1 aromatic heterocycles. The molecule has 0 unspecified atom stereocenters. The third-order valence-corrected chi connectivity index (χ3v) is 6.82. The van der Waals surface area contributed by atoms with Crippen LogP contribution in [0.25, 0.3) is 0 Å². The number of esters is 1. The number of rotatable bonds is 6. The van der Waals surface area contributed by atoms with Crippen molar-refractivity contribution in [3.8, 4) is 5.75 Å². The Morgan fingerprint density at radius 2 is 1.55 bits per heavy atom. The number of anilines is 1. The minimum Gasteiger partial charge on any atom is -0.493 e. The summed E-state index contributed by atoms with van der Waals surface area (Å²) in [5, 5.41) is 10.5. The van der Waals surface area contributed by atoms with Crippen molar-refractivity contribution in [3.63, 3.8) is 0 Å². The Kier molecular flexibility index (Phi) is 6.54. The number of alkyl halides is 6. The Balaban J connectivity index is 2.41. The summed E-state index contributed by atoms with van der Waals surface area (Å²) in [6.45, 7) is 0. The first-order valence-electron chi connectivity index (χ1n) is 7.83. The molecule has 0 atom stereocenters. The summed E-state index contributed by atoms with van der Waals surface area (Å²) in [5.41, 5.74) is -7.32. The quantitative estimate of drug-likeness (QED) is 0.471. The highest BCUT2D eigenvalue weighted by Crippen LogP contribution is 2.50. The second kappa shape index (κ2) is 8.20. The lowest BCUT2D eigenvalue weighted by molar-refractivity contribution is -0.376. The Bertz CT molecular complexity index is 1050. The Morgan fingerprint density at radius 3 is 1.97 bits per heavy atom. The van der Waals surface area contributed by atoms with Crippen LogP contribution in [-0.4, -0.2) is 46.1 Å². The molecule has 0 aliphatic carbocycles. The number of methoxy groups -OCH3 is 2. The molecular weight excluding hydrogens is 480 g/mol. The van der Waals surface area contributed by atoms with Crippen LogP contribution in [0.3, 0.4) is 0 Å². The van der Waals surface area contributed by atoms with Gasteiger partial charge in [-0.1, -0.05) is 12.1 Å². The van der Waals surface area contributed by atoms with E-state index in [9.17, 15) is 44.7 Å². The lowest BCUT2D eigenvalue weighted by Gasteiger charge is -2.32. The van der Waals surface area contributed by atoms with Crippen LogP contribution >= 0.6 is 11.3 Å². The molecule has 0 fully saturated rings. The molecule has 2 aromatic rings. The van der Waals surface area contributed by atoms with Crippen LogP contribution in [0.1, 0.15) is 15.9 Å². The van der Waals surface area contributed by atoms with Gasteiger partial charge in [-0.25, -0.2) is 13.2 Å². The van der Waals surface area contributed by atoms with Crippen molar-refractivity contribution in [2.75, 3.05) is 18.9 Å². The Morgan fingerprint density at radius 1 is 1.03 bits per heavy atom. The molecule has 2 N–H and O–H groups in total. The number of hydrogen-bond acceptors (Lipinski definition) is 7. The summed E-state index contributed by atoms with van der Waals surface area (Å²) in [6.07, 6.45) is -12.2. The number of sulfonamides is 1. The van der Waals surface area contributed by atoms with Gasteiger partial charge >= 0.3 is 18.3 Å². The van der Waals surface area contributed by atoms with Crippen LogP contribution in [0, 0.1) is 0 Å². The molecule has 0 bridgehead atoms. The predicted octanol–water partition coefficient (Wildman–Crippen LogP) is 3.66. The molecule has 172 valence electrons. The molecule has 0 aliphatic heterocycles. The van der Waals surface area contributed by atoms with Crippen molar-refractivity contribution >= 4 is 33.0 Å². The van der Waals surface area contributed by atoms with Gasteiger partial charge in [0.25, 0.3) is 15.6 Å². The zero-order valence-electron chi connectivity index (χ0n) is 15.5. The van der Waals surface area contributed by atoms with Crippen LogP contribution in [0.15, 0.2) is 33.9 Å². The fourth-order valence-electron chi connectivity index (χ4n) is 2.43. The number of ether oxygens (including phenoxy) is 2. The Labute approximate surface area is 175 Å². The zero-order chi connectivity index (χ0) is 23.8. The van der Waals surface area contributed by atoms with E-state index in [0.29, 0.717) is 23.5 Å². The van der Waals surface area contributed by atoms with Gasteiger partial charge in [-0.2, -0.15) is 26.3 Å². The minimum absolute atomic E-state index is 0.203. The van der Waals surface area contributed by atoms with Gasteiger partial charge in [0, 0.05) is 16.6 Å². The molecule has 0 amide bonds. The fraction of sp³-hybridized carbons (Fsp3) is 0.312. The van der Waals surface area contributed by atoms with E-state index in [0.717, 1.165) is 19.6 Å². The largest absolute Gasteiger partial charge is 0.493 e. The molecule has 31 heavy (non-hydrogen) atoms. The average molecular weight is 493 g/mol. The van der Waals surface area contributed by atoms with Crippen molar-refractivity contribution in [1.29, 1.82) is 0 Å². The van der Waals surface area contributed by atoms with E-state index < -0.39 is 49.4 Å². The summed E-state index contributed by atoms with van der Waals surface area (Å²) < 4.78 is 114. The van der Waals surface area contributed by atoms with E-state index in [1.165, 1.54) is 0 Å². The second-order valence-electron chi connectivity index (χ2n) is 5.85. The topological polar surface area (TPSA) is 102 Å². The van der Waals surface area contributed by atoms with E-state index in [2.05, 4.69) is 4.74 Å². The van der Waals surface area contributed by atoms with Gasteiger partial charge in [-0.3, -0.25) is 4.72 Å².